The number of urea groups is 1. The van der Waals surface area contributed by atoms with Gasteiger partial charge in [-0.15, -0.1) is 0 Å². The van der Waals surface area contributed by atoms with Gasteiger partial charge in [-0.1, -0.05) is 12.1 Å². The second-order valence-electron chi connectivity index (χ2n) is 6.93. The van der Waals surface area contributed by atoms with Crippen molar-refractivity contribution >= 4 is 23.6 Å². The molecule has 0 aliphatic carbocycles. The van der Waals surface area contributed by atoms with E-state index in [-0.39, 0.29) is 18.5 Å². The number of rotatable bonds is 6. The number of amides is 3. The quantitative estimate of drug-likeness (QED) is 0.685. The maximum absolute atomic E-state index is 13.0. The van der Waals surface area contributed by atoms with Gasteiger partial charge in [0.05, 0.1) is 18.2 Å². The molecule has 0 radical (unpaired) electrons. The van der Waals surface area contributed by atoms with Crippen molar-refractivity contribution in [1.29, 1.82) is 0 Å². The van der Waals surface area contributed by atoms with Crippen LogP contribution in [0.2, 0.25) is 0 Å². The minimum Gasteiger partial charge on any atom is -0.463 e. The Hall–Kier alpha value is -3.68. The van der Waals surface area contributed by atoms with Crippen LogP contribution in [0.25, 0.3) is 0 Å². The Morgan fingerprint density at radius 2 is 1.74 bits per heavy atom. The summed E-state index contributed by atoms with van der Waals surface area (Å²) in [5.41, 5.74) is 2.43. The van der Waals surface area contributed by atoms with E-state index in [0.29, 0.717) is 34.6 Å². The lowest BCUT2D eigenvalue weighted by atomic mass is 9.94. The third-order valence-corrected chi connectivity index (χ3v) is 5.02. The molecule has 0 spiro atoms. The predicted octanol–water partition coefficient (Wildman–Crippen LogP) is 4.00. The first-order chi connectivity index (χ1) is 14.8. The third-order valence-electron chi connectivity index (χ3n) is 5.02. The largest absolute Gasteiger partial charge is 0.463 e. The molecule has 1 unspecified atom stereocenters. The zero-order valence-electron chi connectivity index (χ0n) is 17.6. The fourth-order valence-corrected chi connectivity index (χ4v) is 3.45. The Kier molecular flexibility index (Phi) is 6.69. The molecule has 162 valence electrons. The molecule has 3 rings (SSSR count). The van der Waals surface area contributed by atoms with Gasteiger partial charge in [0, 0.05) is 23.5 Å². The minimum atomic E-state index is -0.670. The zero-order valence-corrected chi connectivity index (χ0v) is 17.6. The van der Waals surface area contributed by atoms with E-state index in [1.165, 1.54) is 29.2 Å². The highest BCUT2D eigenvalue weighted by Crippen LogP contribution is 2.31. The smallest absolute Gasteiger partial charge is 0.338 e. The first-order valence-corrected chi connectivity index (χ1v) is 9.98. The summed E-state index contributed by atoms with van der Waals surface area (Å²) in [6.45, 7) is 5.91. The summed E-state index contributed by atoms with van der Waals surface area (Å²) >= 11 is 0. The molecule has 1 atom stereocenters. The van der Waals surface area contributed by atoms with Gasteiger partial charge in [-0.25, -0.2) is 14.0 Å². The number of allylic oxidation sites excluding steroid dienone is 1. The van der Waals surface area contributed by atoms with Crippen molar-refractivity contribution in [1.82, 2.24) is 10.2 Å². The zero-order chi connectivity index (χ0) is 22.5. The van der Waals surface area contributed by atoms with E-state index in [1.807, 2.05) is 6.92 Å². The number of nitrogens with zero attached hydrogens (tertiary/aromatic N) is 1. The molecule has 1 aliphatic heterocycles. The number of anilines is 1. The van der Waals surface area contributed by atoms with Crippen LogP contribution in [0.1, 0.15) is 42.7 Å². The maximum Gasteiger partial charge on any atom is 0.338 e. The van der Waals surface area contributed by atoms with Crippen molar-refractivity contribution in [2.24, 2.45) is 0 Å². The number of carbonyl (C=O) groups excluding carboxylic acids is 3. The summed E-state index contributed by atoms with van der Waals surface area (Å²) in [5, 5.41) is 5.59. The van der Waals surface area contributed by atoms with E-state index in [9.17, 15) is 18.8 Å². The number of esters is 1. The van der Waals surface area contributed by atoms with Crippen LogP contribution in [-0.2, 0) is 9.53 Å². The lowest BCUT2D eigenvalue weighted by Crippen LogP contribution is -2.47. The van der Waals surface area contributed by atoms with Gasteiger partial charge < -0.3 is 15.4 Å². The fraction of sp³-hybridized carbons (Fsp3) is 0.261. The van der Waals surface area contributed by atoms with E-state index in [0.717, 1.165) is 0 Å². The van der Waals surface area contributed by atoms with Gasteiger partial charge in [0.15, 0.2) is 0 Å². The van der Waals surface area contributed by atoms with E-state index in [2.05, 4.69) is 10.6 Å². The number of ether oxygens (including phenoxy) is 1. The van der Waals surface area contributed by atoms with Gasteiger partial charge in [0.2, 0.25) is 0 Å². The molecule has 3 amide bonds. The summed E-state index contributed by atoms with van der Waals surface area (Å²) in [7, 11) is 0. The topological polar surface area (TPSA) is 87.7 Å². The van der Waals surface area contributed by atoms with E-state index < -0.39 is 17.8 Å². The van der Waals surface area contributed by atoms with E-state index >= 15 is 0 Å². The molecule has 0 bridgehead atoms. The van der Waals surface area contributed by atoms with Crippen LogP contribution >= 0.6 is 0 Å². The molecule has 0 fully saturated rings. The second kappa shape index (κ2) is 9.42. The van der Waals surface area contributed by atoms with Crippen LogP contribution in [0.4, 0.5) is 14.9 Å². The van der Waals surface area contributed by atoms with E-state index in [1.54, 1.807) is 38.1 Å². The highest BCUT2D eigenvalue weighted by molar-refractivity contribution is 6.04. The molecule has 0 saturated heterocycles. The lowest BCUT2D eigenvalue weighted by Gasteiger charge is -2.34. The molecule has 0 aromatic heterocycles. The average Bonchev–Trinajstić information content (AvgIpc) is 2.74. The fourth-order valence-electron chi connectivity index (χ4n) is 3.45. The van der Waals surface area contributed by atoms with Gasteiger partial charge in [-0.3, -0.25) is 9.69 Å². The molecule has 1 heterocycles. The van der Waals surface area contributed by atoms with Crippen LogP contribution in [0, 0.1) is 5.82 Å². The van der Waals surface area contributed by atoms with Crippen molar-refractivity contribution in [3.8, 4) is 0 Å². The number of halogens is 1. The lowest BCUT2D eigenvalue weighted by molar-refractivity contribution is -0.139. The van der Waals surface area contributed by atoms with Gasteiger partial charge in [0.1, 0.15) is 5.82 Å². The van der Waals surface area contributed by atoms with Crippen LogP contribution in [-0.4, -0.2) is 36.0 Å². The Balaban J connectivity index is 1.85. The van der Waals surface area contributed by atoms with E-state index in [4.69, 9.17) is 4.74 Å². The van der Waals surface area contributed by atoms with Crippen molar-refractivity contribution < 1.29 is 23.5 Å². The van der Waals surface area contributed by atoms with Gasteiger partial charge in [0.25, 0.3) is 5.91 Å². The highest BCUT2D eigenvalue weighted by Gasteiger charge is 2.35. The molecule has 8 heteroatoms. The number of hydrogen-bond donors (Lipinski definition) is 2. The standard InChI is InChI=1S/C23H24FN3O4/c1-4-27-14(3)19(22(29)31-5-2)20(26-23(27)30)15-8-12-18(13-9-15)25-21(28)16-6-10-17(24)11-7-16/h6-13,20H,4-5H2,1-3H3,(H,25,28)(H,26,30). The van der Waals surface area contributed by atoms with Crippen molar-refractivity contribution in [3.05, 3.63) is 76.7 Å². The van der Waals surface area contributed by atoms with Crippen LogP contribution < -0.4 is 10.6 Å². The summed E-state index contributed by atoms with van der Waals surface area (Å²) < 4.78 is 18.2. The molecular formula is C23H24FN3O4. The van der Waals surface area contributed by atoms with Crippen LogP contribution in [0.3, 0.4) is 0 Å². The highest BCUT2D eigenvalue weighted by atomic mass is 19.1. The Morgan fingerprint density at radius 1 is 1.10 bits per heavy atom. The number of carbonyl (C=O) groups is 3. The second-order valence-corrected chi connectivity index (χ2v) is 6.93. The van der Waals surface area contributed by atoms with Gasteiger partial charge in [-0.2, -0.15) is 0 Å². The Bertz CT molecular complexity index is 1020. The first-order valence-electron chi connectivity index (χ1n) is 9.98. The Morgan fingerprint density at radius 3 is 2.32 bits per heavy atom. The number of nitrogens with one attached hydrogen (secondary N) is 2. The molecule has 0 saturated carbocycles. The first kappa shape index (κ1) is 22.0. The van der Waals surface area contributed by atoms with Crippen molar-refractivity contribution in [2.75, 3.05) is 18.5 Å². The molecule has 7 nitrogen and oxygen atoms in total. The molecule has 1 aliphatic rings. The Labute approximate surface area is 179 Å². The summed E-state index contributed by atoms with van der Waals surface area (Å²) in [4.78, 5) is 38.9. The van der Waals surface area contributed by atoms with Gasteiger partial charge in [-0.05, 0) is 62.7 Å². The van der Waals surface area contributed by atoms with Crippen LogP contribution in [0.5, 0.6) is 0 Å². The predicted molar refractivity (Wildman–Crippen MR) is 114 cm³/mol. The molecular weight excluding hydrogens is 401 g/mol. The molecule has 2 aromatic carbocycles. The molecule has 2 aromatic rings. The summed E-state index contributed by atoms with van der Waals surface area (Å²) in [6, 6.07) is 11.1. The van der Waals surface area contributed by atoms with Crippen LogP contribution in [0.15, 0.2) is 59.8 Å². The average molecular weight is 425 g/mol. The number of benzene rings is 2. The summed E-state index contributed by atoms with van der Waals surface area (Å²) in [6.07, 6.45) is 0. The summed E-state index contributed by atoms with van der Waals surface area (Å²) in [5.74, 6) is -1.28. The third kappa shape index (κ3) is 4.74. The van der Waals surface area contributed by atoms with Gasteiger partial charge >= 0.3 is 12.0 Å². The van der Waals surface area contributed by atoms with Crippen molar-refractivity contribution in [3.63, 3.8) is 0 Å². The normalized spacial score (nSPS) is 16.1. The maximum atomic E-state index is 13.0. The molecule has 2 N–H and O–H groups in total. The SMILES string of the molecule is CCOC(=O)C1=C(C)N(CC)C(=O)NC1c1ccc(NC(=O)c2ccc(F)cc2)cc1. The molecule has 31 heavy (non-hydrogen) atoms. The number of hydrogen-bond acceptors (Lipinski definition) is 4. The van der Waals surface area contributed by atoms with Crippen molar-refractivity contribution in [2.45, 2.75) is 26.8 Å². The minimum absolute atomic E-state index is 0.219. The monoisotopic (exact) mass is 425 g/mol.